The van der Waals surface area contributed by atoms with Gasteiger partial charge in [-0.15, -0.1) is 10.2 Å². The van der Waals surface area contributed by atoms with Crippen LogP contribution < -0.4 is 10.1 Å². The second kappa shape index (κ2) is 9.31. The molecule has 0 bridgehead atoms. The number of nitro benzene ring substituents is 1. The van der Waals surface area contributed by atoms with Crippen molar-refractivity contribution in [2.45, 2.75) is 10.1 Å². The average Bonchev–Trinajstić information content (AvgIpc) is 3.20. The molecule has 0 fully saturated rings. The van der Waals surface area contributed by atoms with E-state index in [0.29, 0.717) is 27.2 Å². The van der Waals surface area contributed by atoms with Crippen molar-refractivity contribution < 1.29 is 14.5 Å². The number of anilines is 1. The van der Waals surface area contributed by atoms with Gasteiger partial charge in [0, 0.05) is 24.4 Å². The molecule has 1 aromatic heterocycles. The van der Waals surface area contributed by atoms with Crippen LogP contribution in [-0.4, -0.2) is 25.6 Å². The monoisotopic (exact) mass is 447 g/mol. The van der Waals surface area contributed by atoms with Gasteiger partial charge in [0.2, 0.25) is 0 Å². The lowest BCUT2D eigenvalue weighted by molar-refractivity contribution is -0.387. The van der Waals surface area contributed by atoms with Crippen LogP contribution in [0.3, 0.4) is 0 Å². The van der Waals surface area contributed by atoms with Crippen LogP contribution in [0.15, 0.2) is 89.2 Å². The lowest BCUT2D eigenvalue weighted by atomic mass is 10.2. The number of aromatic nitrogens is 3. The molecule has 10 heteroatoms. The molecule has 32 heavy (non-hydrogen) atoms. The Labute approximate surface area is 187 Å². The Morgan fingerprint density at radius 2 is 1.78 bits per heavy atom. The Morgan fingerprint density at radius 1 is 1.06 bits per heavy atom. The van der Waals surface area contributed by atoms with Crippen LogP contribution in [0.4, 0.5) is 11.4 Å². The molecule has 4 aromatic rings. The van der Waals surface area contributed by atoms with Crippen molar-refractivity contribution in [2.24, 2.45) is 7.05 Å². The van der Waals surface area contributed by atoms with E-state index in [1.54, 1.807) is 35.9 Å². The van der Waals surface area contributed by atoms with E-state index in [1.165, 1.54) is 24.5 Å². The van der Waals surface area contributed by atoms with Gasteiger partial charge >= 0.3 is 0 Å². The zero-order chi connectivity index (χ0) is 22.5. The standard InChI is InChI=1S/C22H17N5O4S/c1-26-14-23-25-22(26)32-20-12-7-15(13-19(20)27(29)30)21(28)24-16-8-10-18(11-9-16)31-17-5-3-2-4-6-17/h2-14H,1H3,(H,24,28). The molecule has 3 aromatic carbocycles. The number of hydrogen-bond donors (Lipinski definition) is 1. The van der Waals surface area contributed by atoms with E-state index in [9.17, 15) is 14.9 Å². The van der Waals surface area contributed by atoms with E-state index in [2.05, 4.69) is 15.5 Å². The summed E-state index contributed by atoms with van der Waals surface area (Å²) in [6.45, 7) is 0. The summed E-state index contributed by atoms with van der Waals surface area (Å²) in [5.74, 6) is 0.867. The van der Waals surface area contributed by atoms with Gasteiger partial charge < -0.3 is 14.6 Å². The van der Waals surface area contributed by atoms with Gasteiger partial charge in [-0.2, -0.15) is 0 Å². The fourth-order valence-corrected chi connectivity index (χ4v) is 3.64. The van der Waals surface area contributed by atoms with Crippen LogP contribution in [0.5, 0.6) is 11.5 Å². The minimum absolute atomic E-state index is 0.170. The Balaban J connectivity index is 1.47. The van der Waals surface area contributed by atoms with Crippen LogP contribution >= 0.6 is 11.8 Å². The lowest BCUT2D eigenvalue weighted by Gasteiger charge is -2.09. The first-order valence-corrected chi connectivity index (χ1v) is 10.3. The maximum atomic E-state index is 12.6. The molecule has 0 aliphatic rings. The Bertz CT molecular complexity index is 1260. The zero-order valence-electron chi connectivity index (χ0n) is 16.8. The third-order valence-electron chi connectivity index (χ3n) is 4.38. The van der Waals surface area contributed by atoms with Crippen LogP contribution in [0.1, 0.15) is 10.4 Å². The van der Waals surface area contributed by atoms with Gasteiger partial charge in [0.05, 0.1) is 9.82 Å². The number of ether oxygens (including phenoxy) is 1. The van der Waals surface area contributed by atoms with Gasteiger partial charge in [0.25, 0.3) is 11.6 Å². The van der Waals surface area contributed by atoms with Gasteiger partial charge in [0.1, 0.15) is 17.8 Å². The largest absolute Gasteiger partial charge is 0.457 e. The van der Waals surface area contributed by atoms with Crippen molar-refractivity contribution in [3.63, 3.8) is 0 Å². The number of hydrogen-bond acceptors (Lipinski definition) is 7. The molecule has 0 spiro atoms. The Hall–Kier alpha value is -4.18. The number of rotatable bonds is 7. The summed E-state index contributed by atoms with van der Waals surface area (Å²) in [4.78, 5) is 24.1. The van der Waals surface area contributed by atoms with Gasteiger partial charge in [-0.3, -0.25) is 14.9 Å². The molecule has 160 valence electrons. The third kappa shape index (κ3) is 4.93. The van der Waals surface area contributed by atoms with Crippen molar-refractivity contribution in [1.29, 1.82) is 0 Å². The number of nitrogens with one attached hydrogen (secondary N) is 1. The third-order valence-corrected chi connectivity index (χ3v) is 5.50. The fraction of sp³-hybridized carbons (Fsp3) is 0.0455. The number of benzene rings is 3. The summed E-state index contributed by atoms with van der Waals surface area (Å²) >= 11 is 1.10. The minimum atomic E-state index is -0.523. The van der Waals surface area contributed by atoms with E-state index < -0.39 is 10.8 Å². The van der Waals surface area contributed by atoms with Crippen LogP contribution in [0, 0.1) is 10.1 Å². The normalized spacial score (nSPS) is 10.5. The highest BCUT2D eigenvalue weighted by Gasteiger charge is 2.20. The molecule has 0 radical (unpaired) electrons. The molecule has 0 aliphatic heterocycles. The molecule has 4 rings (SSSR count). The van der Waals surface area contributed by atoms with Crippen LogP contribution in [-0.2, 0) is 7.05 Å². The van der Waals surface area contributed by atoms with Crippen molar-refractivity contribution in [2.75, 3.05) is 5.32 Å². The maximum absolute atomic E-state index is 12.6. The molecule has 9 nitrogen and oxygen atoms in total. The maximum Gasteiger partial charge on any atom is 0.284 e. The molecule has 1 N–H and O–H groups in total. The number of aryl methyl sites for hydroxylation is 1. The summed E-state index contributed by atoms with van der Waals surface area (Å²) in [7, 11) is 1.74. The van der Waals surface area contributed by atoms with Crippen molar-refractivity contribution in [3.8, 4) is 11.5 Å². The zero-order valence-corrected chi connectivity index (χ0v) is 17.7. The molecular formula is C22H17N5O4S. The molecule has 0 saturated heterocycles. The SMILES string of the molecule is Cn1cnnc1Sc1ccc(C(=O)Nc2ccc(Oc3ccccc3)cc2)cc1[N+](=O)[O-]. The Kier molecular flexibility index (Phi) is 6.13. The van der Waals surface area contributed by atoms with Crippen LogP contribution in [0.25, 0.3) is 0 Å². The molecular weight excluding hydrogens is 430 g/mol. The highest BCUT2D eigenvalue weighted by Crippen LogP contribution is 2.34. The van der Waals surface area contributed by atoms with E-state index in [1.807, 2.05) is 30.3 Å². The molecule has 0 atom stereocenters. The van der Waals surface area contributed by atoms with E-state index in [-0.39, 0.29) is 11.3 Å². The molecule has 1 amide bonds. The second-order valence-corrected chi connectivity index (χ2v) is 7.67. The summed E-state index contributed by atoms with van der Waals surface area (Å²) in [5.41, 5.74) is 0.525. The first kappa shape index (κ1) is 21.1. The number of carbonyl (C=O) groups is 1. The van der Waals surface area contributed by atoms with Gasteiger partial charge in [-0.1, -0.05) is 18.2 Å². The lowest BCUT2D eigenvalue weighted by Crippen LogP contribution is -2.12. The van der Waals surface area contributed by atoms with Gasteiger partial charge in [-0.25, -0.2) is 0 Å². The van der Waals surface area contributed by atoms with Gasteiger partial charge in [-0.05, 0) is 60.3 Å². The first-order chi connectivity index (χ1) is 15.5. The van der Waals surface area contributed by atoms with E-state index in [4.69, 9.17) is 4.74 Å². The Morgan fingerprint density at radius 3 is 2.44 bits per heavy atom. The summed E-state index contributed by atoms with van der Waals surface area (Å²) in [6, 6.07) is 20.5. The van der Waals surface area contributed by atoms with Crippen molar-refractivity contribution >= 4 is 29.0 Å². The van der Waals surface area contributed by atoms with E-state index in [0.717, 1.165) is 11.8 Å². The second-order valence-electron chi connectivity index (χ2n) is 6.66. The molecule has 0 unspecified atom stereocenters. The van der Waals surface area contributed by atoms with Gasteiger partial charge in [0.15, 0.2) is 5.16 Å². The fourth-order valence-electron chi connectivity index (χ4n) is 2.79. The van der Waals surface area contributed by atoms with E-state index >= 15 is 0 Å². The smallest absolute Gasteiger partial charge is 0.284 e. The topological polar surface area (TPSA) is 112 Å². The number of nitro groups is 1. The minimum Gasteiger partial charge on any atom is -0.457 e. The summed E-state index contributed by atoms with van der Waals surface area (Å²) in [6.07, 6.45) is 1.51. The first-order valence-electron chi connectivity index (χ1n) is 9.44. The summed E-state index contributed by atoms with van der Waals surface area (Å²) in [5, 5.41) is 22.5. The number of nitrogens with zero attached hydrogens (tertiary/aromatic N) is 4. The number of carbonyl (C=O) groups excluding carboxylic acids is 1. The van der Waals surface area contributed by atoms with Crippen molar-refractivity contribution in [3.05, 3.63) is 94.8 Å². The average molecular weight is 447 g/mol. The number of amides is 1. The quantitative estimate of drug-likeness (QED) is 0.316. The van der Waals surface area contributed by atoms with Crippen molar-refractivity contribution in [1.82, 2.24) is 14.8 Å². The summed E-state index contributed by atoms with van der Waals surface area (Å²) < 4.78 is 7.38. The highest BCUT2D eigenvalue weighted by molar-refractivity contribution is 7.99. The molecule has 1 heterocycles. The predicted octanol–water partition coefficient (Wildman–Crippen LogP) is 4.92. The number of para-hydroxylation sites is 1. The predicted molar refractivity (Wildman–Crippen MR) is 119 cm³/mol. The van der Waals surface area contributed by atoms with Crippen LogP contribution in [0.2, 0.25) is 0 Å². The molecule has 0 aliphatic carbocycles. The highest BCUT2D eigenvalue weighted by atomic mass is 32.2. The molecule has 0 saturated carbocycles.